The number of rotatable bonds is 13. The van der Waals surface area contributed by atoms with Crippen molar-refractivity contribution < 1.29 is 23.9 Å². The van der Waals surface area contributed by atoms with E-state index >= 15 is 0 Å². The van der Waals surface area contributed by atoms with Crippen LogP contribution in [-0.2, 0) is 20.9 Å². The van der Waals surface area contributed by atoms with Crippen LogP contribution in [0.2, 0.25) is 0 Å². The Morgan fingerprint density at radius 2 is 1.47 bits per heavy atom. The van der Waals surface area contributed by atoms with Crippen molar-refractivity contribution in [3.63, 3.8) is 0 Å². The van der Waals surface area contributed by atoms with Crippen LogP contribution in [-0.4, -0.2) is 50.3 Å². The summed E-state index contributed by atoms with van der Waals surface area (Å²) in [4.78, 5) is 38.6. The average molecular weight is 636 g/mol. The molecule has 3 amide bonds. The molecule has 0 atom stereocenters. The molecule has 0 bridgehead atoms. The fourth-order valence-electron chi connectivity index (χ4n) is 5.21. The molecule has 0 aliphatic carbocycles. The Balaban J connectivity index is 1.06. The van der Waals surface area contributed by atoms with Gasteiger partial charge in [-0.15, -0.1) is 0 Å². The van der Waals surface area contributed by atoms with Crippen LogP contribution in [0, 0.1) is 0 Å². The second-order valence-electron chi connectivity index (χ2n) is 11.2. The lowest BCUT2D eigenvalue weighted by molar-refractivity contribution is -0.126. The van der Waals surface area contributed by atoms with Gasteiger partial charge in [0, 0.05) is 25.1 Å². The minimum atomic E-state index is -0.675. The van der Waals surface area contributed by atoms with Gasteiger partial charge in [-0.2, -0.15) is 0 Å². The van der Waals surface area contributed by atoms with Crippen LogP contribution in [0.25, 0.3) is 11.1 Å². The Kier molecular flexibility index (Phi) is 12.3. The molecule has 4 aromatic rings. The number of piperidine rings is 1. The highest BCUT2D eigenvalue weighted by molar-refractivity contribution is 5.96. The SMILES string of the molecule is O=C(CCNCc1ccc(OC2CCNCC2)cc1)NN(C(=O)CCOC(=O)Nc1ccccc1-c1ccccc1)c1ccccc1. The third-order valence-corrected chi connectivity index (χ3v) is 7.67. The maximum absolute atomic E-state index is 13.2. The van der Waals surface area contributed by atoms with E-state index in [-0.39, 0.29) is 31.5 Å². The van der Waals surface area contributed by atoms with E-state index in [1.165, 1.54) is 5.01 Å². The summed E-state index contributed by atoms with van der Waals surface area (Å²) in [6.07, 6.45) is 1.63. The standard InChI is InChI=1S/C37H41N5O5/c43-35(21-25-39-27-28-15-17-31(18-16-28)47-32-19-23-38-24-20-32)41-42(30-11-5-2-6-12-30)36(44)22-26-46-37(45)40-34-14-8-7-13-33(34)29-9-3-1-4-10-29/h1-18,32,38-39H,19-27H2,(H,40,45)(H,41,43). The van der Waals surface area contributed by atoms with Crippen molar-refractivity contribution in [3.8, 4) is 16.9 Å². The summed E-state index contributed by atoms with van der Waals surface area (Å²) in [5, 5.41) is 10.6. The molecule has 1 fully saturated rings. The largest absolute Gasteiger partial charge is 0.490 e. The number of amides is 3. The Bertz CT molecular complexity index is 1580. The molecule has 0 spiro atoms. The number of carbonyl (C=O) groups is 3. The number of anilines is 2. The summed E-state index contributed by atoms with van der Waals surface area (Å²) in [5.41, 5.74) is 6.70. The molecule has 0 aromatic heterocycles. The summed E-state index contributed by atoms with van der Waals surface area (Å²) in [7, 11) is 0. The van der Waals surface area contributed by atoms with Gasteiger partial charge in [-0.25, -0.2) is 9.80 Å². The number of ether oxygens (including phenoxy) is 2. The van der Waals surface area contributed by atoms with Gasteiger partial charge in [0.2, 0.25) is 11.8 Å². The molecular formula is C37H41N5O5. The van der Waals surface area contributed by atoms with Crippen LogP contribution in [0.4, 0.5) is 16.2 Å². The first-order chi connectivity index (χ1) is 23.0. The lowest BCUT2D eigenvalue weighted by Crippen LogP contribution is -2.47. The van der Waals surface area contributed by atoms with E-state index < -0.39 is 12.0 Å². The first-order valence-electron chi connectivity index (χ1n) is 16.0. The molecular weight excluding hydrogens is 594 g/mol. The van der Waals surface area contributed by atoms with E-state index in [0.717, 1.165) is 48.4 Å². The number of carbonyl (C=O) groups excluding carboxylic acids is 3. The zero-order valence-corrected chi connectivity index (χ0v) is 26.3. The fourth-order valence-corrected chi connectivity index (χ4v) is 5.21. The summed E-state index contributed by atoms with van der Waals surface area (Å²) in [6.45, 7) is 2.81. The van der Waals surface area contributed by atoms with Gasteiger partial charge in [0.05, 0.1) is 17.8 Å². The molecule has 4 N–H and O–H groups in total. The van der Waals surface area contributed by atoms with Crippen LogP contribution in [0.1, 0.15) is 31.2 Å². The van der Waals surface area contributed by atoms with Gasteiger partial charge in [0.1, 0.15) is 18.5 Å². The third-order valence-electron chi connectivity index (χ3n) is 7.67. The topological polar surface area (TPSA) is 121 Å². The Morgan fingerprint density at radius 1 is 0.787 bits per heavy atom. The maximum Gasteiger partial charge on any atom is 0.411 e. The highest BCUT2D eigenvalue weighted by atomic mass is 16.5. The Morgan fingerprint density at radius 3 is 2.21 bits per heavy atom. The molecule has 5 rings (SSSR count). The zero-order chi connectivity index (χ0) is 32.7. The highest BCUT2D eigenvalue weighted by Crippen LogP contribution is 2.27. The van der Waals surface area contributed by atoms with E-state index in [2.05, 4.69) is 21.4 Å². The van der Waals surface area contributed by atoms with E-state index in [1.54, 1.807) is 30.3 Å². The molecule has 1 heterocycles. The molecule has 0 unspecified atom stereocenters. The first-order valence-corrected chi connectivity index (χ1v) is 16.0. The number of benzene rings is 4. The number of hydrogen-bond donors (Lipinski definition) is 4. The van der Waals surface area contributed by atoms with Crippen molar-refractivity contribution in [2.45, 2.75) is 38.3 Å². The van der Waals surface area contributed by atoms with Gasteiger partial charge in [0.25, 0.3) is 0 Å². The van der Waals surface area contributed by atoms with Gasteiger partial charge >= 0.3 is 6.09 Å². The zero-order valence-electron chi connectivity index (χ0n) is 26.3. The molecule has 1 saturated heterocycles. The van der Waals surface area contributed by atoms with Crippen LogP contribution in [0.3, 0.4) is 0 Å². The predicted octanol–water partition coefficient (Wildman–Crippen LogP) is 5.67. The minimum Gasteiger partial charge on any atom is -0.490 e. The van der Waals surface area contributed by atoms with Crippen molar-refractivity contribution in [2.24, 2.45) is 0 Å². The predicted molar refractivity (Wildman–Crippen MR) is 183 cm³/mol. The van der Waals surface area contributed by atoms with Gasteiger partial charge in [-0.05, 0) is 67.4 Å². The smallest absolute Gasteiger partial charge is 0.411 e. The lowest BCUT2D eigenvalue weighted by Gasteiger charge is -2.24. The number of hydrogen-bond acceptors (Lipinski definition) is 7. The van der Waals surface area contributed by atoms with Gasteiger partial charge in [0.15, 0.2) is 0 Å². The number of nitrogens with one attached hydrogen (secondary N) is 4. The normalized spacial score (nSPS) is 12.9. The minimum absolute atomic E-state index is 0.126. The molecule has 1 aliphatic heterocycles. The molecule has 10 nitrogen and oxygen atoms in total. The quantitative estimate of drug-likeness (QED) is 0.110. The van der Waals surface area contributed by atoms with Crippen LogP contribution >= 0.6 is 0 Å². The average Bonchev–Trinajstić information content (AvgIpc) is 3.11. The van der Waals surface area contributed by atoms with Crippen LogP contribution in [0.5, 0.6) is 5.75 Å². The fraction of sp³-hybridized carbons (Fsp3) is 0.270. The first kappa shape index (κ1) is 33.2. The van der Waals surface area contributed by atoms with Crippen molar-refractivity contribution in [2.75, 3.05) is 36.6 Å². The Labute approximate surface area is 275 Å². The molecule has 0 radical (unpaired) electrons. The third kappa shape index (κ3) is 10.4. The number of nitrogens with zero attached hydrogens (tertiary/aromatic N) is 1. The molecule has 244 valence electrons. The lowest BCUT2D eigenvalue weighted by atomic mass is 10.0. The molecule has 47 heavy (non-hydrogen) atoms. The number of para-hydroxylation sites is 2. The maximum atomic E-state index is 13.2. The van der Waals surface area contributed by atoms with Gasteiger partial charge < -0.3 is 20.1 Å². The molecule has 0 saturated carbocycles. The van der Waals surface area contributed by atoms with Crippen molar-refractivity contribution >= 4 is 29.3 Å². The van der Waals surface area contributed by atoms with Crippen molar-refractivity contribution in [3.05, 3.63) is 115 Å². The summed E-state index contributed by atoms with van der Waals surface area (Å²) in [6, 6.07) is 33.9. The van der Waals surface area contributed by atoms with Crippen molar-refractivity contribution in [1.82, 2.24) is 16.1 Å². The summed E-state index contributed by atoms with van der Waals surface area (Å²) >= 11 is 0. The second kappa shape index (κ2) is 17.5. The van der Waals surface area contributed by atoms with E-state index in [4.69, 9.17) is 9.47 Å². The van der Waals surface area contributed by atoms with Crippen molar-refractivity contribution in [1.29, 1.82) is 0 Å². The monoisotopic (exact) mass is 635 g/mol. The van der Waals surface area contributed by atoms with Gasteiger partial charge in [-0.3, -0.25) is 20.3 Å². The summed E-state index contributed by atoms with van der Waals surface area (Å²) < 4.78 is 11.4. The van der Waals surface area contributed by atoms with Gasteiger partial charge in [-0.1, -0.05) is 78.9 Å². The molecule has 10 heteroatoms. The van der Waals surface area contributed by atoms with Crippen LogP contribution in [0.15, 0.2) is 109 Å². The summed E-state index contributed by atoms with van der Waals surface area (Å²) in [5.74, 6) is 0.128. The van der Waals surface area contributed by atoms with E-state index in [0.29, 0.717) is 24.5 Å². The second-order valence-corrected chi connectivity index (χ2v) is 11.2. The van der Waals surface area contributed by atoms with E-state index in [9.17, 15) is 14.4 Å². The molecule has 1 aliphatic rings. The highest BCUT2D eigenvalue weighted by Gasteiger charge is 2.19. The van der Waals surface area contributed by atoms with Crippen LogP contribution < -0.4 is 31.1 Å². The van der Waals surface area contributed by atoms with E-state index in [1.807, 2.05) is 78.9 Å². The Hall–Kier alpha value is -5.19. The molecule has 4 aromatic carbocycles. The number of hydrazine groups is 1.